The van der Waals surface area contributed by atoms with Crippen LogP contribution in [0.1, 0.15) is 55.9 Å². The molecule has 6 heteroatoms. The van der Waals surface area contributed by atoms with Gasteiger partial charge in [-0.05, 0) is 12.3 Å². The second-order valence-corrected chi connectivity index (χ2v) is 4.39. The van der Waals surface area contributed by atoms with Gasteiger partial charge in [-0.3, -0.25) is 4.79 Å². The Morgan fingerprint density at radius 1 is 1.50 bits per heavy atom. The standard InChI is InChI=1S/C12H18N2O4/c1-4-5-8(12(16)17)13-10(15)11-14-9(6-18-11)7(2)3/h6-8H,4-5H2,1-3H3,(H,13,15)(H,16,17). The fraction of sp³-hybridized carbons (Fsp3) is 0.583. The highest BCUT2D eigenvalue weighted by molar-refractivity contribution is 5.92. The Bertz CT molecular complexity index is 425. The summed E-state index contributed by atoms with van der Waals surface area (Å²) in [5.74, 6) is -1.59. The van der Waals surface area contributed by atoms with Gasteiger partial charge in [0.05, 0.1) is 5.69 Å². The van der Waals surface area contributed by atoms with Gasteiger partial charge in [0.1, 0.15) is 12.3 Å². The molecule has 0 saturated carbocycles. The first-order valence-corrected chi connectivity index (χ1v) is 5.94. The lowest BCUT2D eigenvalue weighted by molar-refractivity contribution is -0.139. The summed E-state index contributed by atoms with van der Waals surface area (Å²) in [5.41, 5.74) is 0.669. The molecule has 0 saturated heterocycles. The molecule has 0 spiro atoms. The molecule has 1 aromatic rings. The van der Waals surface area contributed by atoms with Crippen LogP contribution in [0.3, 0.4) is 0 Å². The SMILES string of the molecule is CCCC(NC(=O)c1nc(C(C)C)co1)C(=O)O. The Kier molecular flexibility index (Phi) is 4.88. The summed E-state index contributed by atoms with van der Waals surface area (Å²) in [5, 5.41) is 11.3. The largest absolute Gasteiger partial charge is 0.480 e. The molecular weight excluding hydrogens is 236 g/mol. The van der Waals surface area contributed by atoms with Crippen LogP contribution in [0.2, 0.25) is 0 Å². The average molecular weight is 254 g/mol. The highest BCUT2D eigenvalue weighted by Crippen LogP contribution is 2.13. The fourth-order valence-electron chi connectivity index (χ4n) is 1.42. The smallest absolute Gasteiger partial charge is 0.326 e. The van der Waals surface area contributed by atoms with Gasteiger partial charge in [0.15, 0.2) is 0 Å². The number of aliphatic carboxylic acids is 1. The van der Waals surface area contributed by atoms with Crippen molar-refractivity contribution >= 4 is 11.9 Å². The molecule has 6 nitrogen and oxygen atoms in total. The highest BCUT2D eigenvalue weighted by Gasteiger charge is 2.22. The molecule has 0 aliphatic heterocycles. The number of amides is 1. The number of aromatic nitrogens is 1. The van der Waals surface area contributed by atoms with Crippen LogP contribution in [0, 0.1) is 0 Å². The van der Waals surface area contributed by atoms with Crippen molar-refractivity contribution in [3.05, 3.63) is 17.8 Å². The third-order valence-electron chi connectivity index (χ3n) is 2.49. The van der Waals surface area contributed by atoms with Gasteiger partial charge in [-0.15, -0.1) is 0 Å². The van der Waals surface area contributed by atoms with Crippen LogP contribution in [0.15, 0.2) is 10.7 Å². The monoisotopic (exact) mass is 254 g/mol. The Morgan fingerprint density at radius 2 is 2.17 bits per heavy atom. The van der Waals surface area contributed by atoms with Gasteiger partial charge in [0, 0.05) is 0 Å². The Balaban J connectivity index is 2.71. The maximum Gasteiger partial charge on any atom is 0.326 e. The van der Waals surface area contributed by atoms with Crippen LogP contribution in [0.4, 0.5) is 0 Å². The summed E-state index contributed by atoms with van der Waals surface area (Å²) < 4.78 is 5.03. The zero-order valence-electron chi connectivity index (χ0n) is 10.8. The number of nitrogens with zero attached hydrogens (tertiary/aromatic N) is 1. The number of carbonyl (C=O) groups is 2. The molecule has 0 bridgehead atoms. The van der Waals surface area contributed by atoms with Crippen molar-refractivity contribution in [3.63, 3.8) is 0 Å². The number of carboxylic acid groups (broad SMARTS) is 1. The summed E-state index contributed by atoms with van der Waals surface area (Å²) in [4.78, 5) is 26.7. The average Bonchev–Trinajstić information content (AvgIpc) is 2.77. The lowest BCUT2D eigenvalue weighted by atomic mass is 10.1. The normalized spacial score (nSPS) is 12.4. The van der Waals surface area contributed by atoms with Crippen molar-refractivity contribution in [2.75, 3.05) is 0 Å². The van der Waals surface area contributed by atoms with Gasteiger partial charge in [0.25, 0.3) is 5.89 Å². The van der Waals surface area contributed by atoms with Crippen molar-refractivity contribution in [2.45, 2.75) is 45.6 Å². The number of nitrogens with one attached hydrogen (secondary N) is 1. The van der Waals surface area contributed by atoms with Crippen LogP contribution in [-0.2, 0) is 4.79 Å². The quantitative estimate of drug-likeness (QED) is 0.807. The number of oxazole rings is 1. The molecule has 1 aromatic heterocycles. The van der Waals surface area contributed by atoms with E-state index in [0.29, 0.717) is 18.5 Å². The van der Waals surface area contributed by atoms with E-state index < -0.39 is 17.9 Å². The molecule has 0 aromatic carbocycles. The van der Waals surface area contributed by atoms with E-state index in [2.05, 4.69) is 10.3 Å². The molecule has 0 radical (unpaired) electrons. The van der Waals surface area contributed by atoms with Gasteiger partial charge >= 0.3 is 11.9 Å². The Morgan fingerprint density at radius 3 is 2.61 bits per heavy atom. The number of carbonyl (C=O) groups excluding carboxylic acids is 1. The minimum Gasteiger partial charge on any atom is -0.480 e. The zero-order valence-corrected chi connectivity index (χ0v) is 10.8. The molecule has 1 atom stereocenters. The van der Waals surface area contributed by atoms with E-state index in [1.807, 2.05) is 20.8 Å². The summed E-state index contributed by atoms with van der Waals surface area (Å²) in [6, 6.07) is -0.906. The molecule has 0 aliphatic carbocycles. The summed E-state index contributed by atoms with van der Waals surface area (Å²) >= 11 is 0. The molecule has 1 unspecified atom stereocenters. The number of hydrogen-bond donors (Lipinski definition) is 2. The lowest BCUT2D eigenvalue weighted by Gasteiger charge is -2.11. The van der Waals surface area contributed by atoms with Crippen molar-refractivity contribution in [1.82, 2.24) is 10.3 Å². The topological polar surface area (TPSA) is 92.4 Å². The van der Waals surface area contributed by atoms with E-state index >= 15 is 0 Å². The van der Waals surface area contributed by atoms with Crippen molar-refractivity contribution in [2.24, 2.45) is 0 Å². The van der Waals surface area contributed by atoms with E-state index in [4.69, 9.17) is 9.52 Å². The van der Waals surface area contributed by atoms with Crippen LogP contribution in [0.5, 0.6) is 0 Å². The van der Waals surface area contributed by atoms with Crippen LogP contribution < -0.4 is 5.32 Å². The lowest BCUT2D eigenvalue weighted by Crippen LogP contribution is -2.40. The molecule has 2 N–H and O–H groups in total. The molecule has 0 aliphatic rings. The van der Waals surface area contributed by atoms with E-state index in [1.165, 1.54) is 6.26 Å². The molecule has 1 rings (SSSR count). The Labute approximate surface area is 105 Å². The van der Waals surface area contributed by atoms with E-state index in [1.54, 1.807) is 0 Å². The number of hydrogen-bond acceptors (Lipinski definition) is 4. The molecular formula is C12H18N2O4. The first-order valence-electron chi connectivity index (χ1n) is 5.94. The van der Waals surface area contributed by atoms with Gasteiger partial charge in [-0.2, -0.15) is 0 Å². The fourth-order valence-corrected chi connectivity index (χ4v) is 1.42. The molecule has 1 amide bonds. The first-order chi connectivity index (χ1) is 8.45. The second-order valence-electron chi connectivity index (χ2n) is 4.39. The molecule has 100 valence electrons. The number of carboxylic acids is 1. The zero-order chi connectivity index (χ0) is 13.7. The minimum atomic E-state index is -1.05. The molecule has 1 heterocycles. The van der Waals surface area contributed by atoms with Crippen molar-refractivity contribution in [1.29, 1.82) is 0 Å². The minimum absolute atomic E-state index is 0.0962. The van der Waals surface area contributed by atoms with Gasteiger partial charge in [-0.25, -0.2) is 9.78 Å². The van der Waals surface area contributed by atoms with E-state index in [9.17, 15) is 9.59 Å². The third kappa shape index (κ3) is 3.58. The summed E-state index contributed by atoms with van der Waals surface area (Å²) in [6.45, 7) is 5.71. The second kappa shape index (κ2) is 6.18. The predicted molar refractivity (Wildman–Crippen MR) is 64.4 cm³/mol. The highest BCUT2D eigenvalue weighted by atomic mass is 16.4. The predicted octanol–water partition coefficient (Wildman–Crippen LogP) is 1.78. The van der Waals surface area contributed by atoms with E-state index in [0.717, 1.165) is 0 Å². The van der Waals surface area contributed by atoms with Crippen molar-refractivity contribution < 1.29 is 19.1 Å². The maximum absolute atomic E-state index is 11.7. The maximum atomic E-state index is 11.7. The van der Waals surface area contributed by atoms with E-state index in [-0.39, 0.29) is 11.8 Å². The number of rotatable bonds is 6. The van der Waals surface area contributed by atoms with Crippen molar-refractivity contribution in [3.8, 4) is 0 Å². The Hall–Kier alpha value is -1.85. The van der Waals surface area contributed by atoms with Gasteiger partial charge in [0.2, 0.25) is 0 Å². The summed E-state index contributed by atoms with van der Waals surface area (Å²) in [6.07, 6.45) is 2.45. The van der Waals surface area contributed by atoms with Gasteiger partial charge in [-0.1, -0.05) is 27.2 Å². The summed E-state index contributed by atoms with van der Waals surface area (Å²) in [7, 11) is 0. The molecule has 18 heavy (non-hydrogen) atoms. The van der Waals surface area contributed by atoms with Crippen LogP contribution in [-0.4, -0.2) is 28.0 Å². The third-order valence-corrected chi connectivity index (χ3v) is 2.49. The van der Waals surface area contributed by atoms with Crippen LogP contribution >= 0.6 is 0 Å². The van der Waals surface area contributed by atoms with Gasteiger partial charge < -0.3 is 14.8 Å². The van der Waals surface area contributed by atoms with Crippen LogP contribution in [0.25, 0.3) is 0 Å². The molecule has 0 fully saturated rings. The first kappa shape index (κ1) is 14.2.